The van der Waals surface area contributed by atoms with Gasteiger partial charge in [-0.3, -0.25) is 0 Å². The molecule has 0 saturated heterocycles. The Balaban J connectivity index is 1.48. The zero-order chi connectivity index (χ0) is 33.4. The minimum absolute atomic E-state index is 0.0689. The van der Waals surface area contributed by atoms with Crippen molar-refractivity contribution in [2.24, 2.45) is 5.92 Å². The summed E-state index contributed by atoms with van der Waals surface area (Å²) >= 11 is -4.87. The Kier molecular flexibility index (Phi) is 8.32. The van der Waals surface area contributed by atoms with E-state index < -0.39 is 21.5 Å². The van der Waals surface area contributed by atoms with Crippen LogP contribution in [0.5, 0.6) is 0 Å². The number of hydrogen-bond donors (Lipinski definition) is 0. The maximum atomic E-state index is 8.71. The second-order valence-corrected chi connectivity index (χ2v) is 57.3. The third kappa shape index (κ3) is 4.92. The zero-order valence-corrected chi connectivity index (χ0v) is 34.0. The van der Waals surface area contributed by atoms with Gasteiger partial charge in [-0.25, -0.2) is 0 Å². The van der Waals surface area contributed by atoms with Crippen LogP contribution in [0.2, 0.25) is 13.1 Å². The molecule has 2 atom stereocenters. The van der Waals surface area contributed by atoms with Crippen molar-refractivity contribution in [1.29, 1.82) is 0 Å². The topological polar surface area (TPSA) is 0 Å². The van der Waals surface area contributed by atoms with Gasteiger partial charge in [0.1, 0.15) is 0 Å². The maximum absolute atomic E-state index is 8.71. The average Bonchev–Trinajstić information content (AvgIpc) is 3.63. The molecule has 2 aliphatic carbocycles. The van der Waals surface area contributed by atoms with Crippen LogP contribution in [0.4, 0.5) is 0 Å². The van der Waals surface area contributed by atoms with Gasteiger partial charge in [0.15, 0.2) is 0 Å². The summed E-state index contributed by atoms with van der Waals surface area (Å²) in [6.45, 7) is 18.6. The first-order valence-electron chi connectivity index (χ1n) is 17.1. The molecule has 0 N–H and O–H groups in total. The molecule has 0 amide bonds. The summed E-state index contributed by atoms with van der Waals surface area (Å²) < 4.78 is 0.144. The monoisotopic (exact) mass is 749 g/mol. The molecule has 0 spiro atoms. The molecule has 239 valence electrons. The SMILES string of the molecule is CC1=Cc2c(-c3cccc(C)c3C)ccc(C)c2[CH]1[Zr]([Cl])([Cl])([CH]1C(C(C)C)=Cc2c(-c3cccc4ccccc34)cccc21)[SiH](C)C. The molecule has 0 nitrogen and oxygen atoms in total. The minimum atomic E-state index is -4.87. The molecule has 0 bridgehead atoms. The summed E-state index contributed by atoms with van der Waals surface area (Å²) in [5.74, 6) is -1.32. The Morgan fingerprint density at radius 1 is 0.617 bits per heavy atom. The zero-order valence-electron chi connectivity index (χ0n) is 28.9. The van der Waals surface area contributed by atoms with Gasteiger partial charge in [0.05, 0.1) is 0 Å². The van der Waals surface area contributed by atoms with Gasteiger partial charge in [0, 0.05) is 0 Å². The molecule has 47 heavy (non-hydrogen) atoms. The van der Waals surface area contributed by atoms with Crippen LogP contribution in [-0.2, 0) is 15.6 Å². The first-order chi connectivity index (χ1) is 22.3. The van der Waals surface area contributed by atoms with E-state index in [1.807, 2.05) is 0 Å². The Labute approximate surface area is 290 Å². The number of allylic oxidation sites excluding steroid dienone is 2. The predicted octanol–water partition coefficient (Wildman–Crippen LogP) is 13.3. The average molecular weight is 752 g/mol. The van der Waals surface area contributed by atoms with Crippen LogP contribution in [0.3, 0.4) is 0 Å². The molecule has 0 heterocycles. The van der Waals surface area contributed by atoms with Gasteiger partial charge >= 0.3 is 293 Å². The fraction of sp³-hybridized carbons (Fsp3) is 0.256. The van der Waals surface area contributed by atoms with E-state index in [1.54, 1.807) is 0 Å². The van der Waals surface area contributed by atoms with E-state index in [9.17, 15) is 0 Å². The van der Waals surface area contributed by atoms with Crippen LogP contribution in [0.1, 0.15) is 67.0 Å². The summed E-state index contributed by atoms with van der Waals surface area (Å²) in [6.07, 6.45) is 4.94. The van der Waals surface area contributed by atoms with Crippen LogP contribution in [0.25, 0.3) is 45.2 Å². The van der Waals surface area contributed by atoms with Crippen molar-refractivity contribution in [3.05, 3.63) is 141 Å². The Hall–Kier alpha value is -2.48. The summed E-state index contributed by atoms with van der Waals surface area (Å²) in [7, 11) is 17.4. The summed E-state index contributed by atoms with van der Waals surface area (Å²) in [5.41, 5.74) is 17.3. The Morgan fingerprint density at radius 2 is 1.26 bits per heavy atom. The summed E-state index contributed by atoms with van der Waals surface area (Å²) in [4.78, 5) is 0. The van der Waals surface area contributed by atoms with Crippen molar-refractivity contribution in [3.8, 4) is 22.3 Å². The Morgan fingerprint density at radius 3 is 2.00 bits per heavy atom. The van der Waals surface area contributed by atoms with E-state index in [1.165, 1.54) is 83.1 Å². The van der Waals surface area contributed by atoms with E-state index in [-0.39, 0.29) is 7.25 Å². The molecule has 0 aromatic heterocycles. The van der Waals surface area contributed by atoms with Gasteiger partial charge in [0.2, 0.25) is 0 Å². The number of halogens is 2. The van der Waals surface area contributed by atoms with Crippen LogP contribution in [0.15, 0.2) is 102 Å². The van der Waals surface area contributed by atoms with Crippen molar-refractivity contribution in [1.82, 2.24) is 0 Å². The molecule has 7 rings (SSSR count). The molecule has 5 aromatic carbocycles. The molecular formula is C43H45Cl2SiZr. The molecule has 2 unspecified atom stereocenters. The van der Waals surface area contributed by atoms with Crippen molar-refractivity contribution < 1.29 is 15.6 Å². The quantitative estimate of drug-likeness (QED) is 0.152. The van der Waals surface area contributed by atoms with E-state index >= 15 is 0 Å². The number of aryl methyl sites for hydroxylation is 2. The first kappa shape index (κ1) is 33.0. The van der Waals surface area contributed by atoms with Crippen molar-refractivity contribution >= 4 is 45.9 Å². The molecule has 0 aliphatic heterocycles. The molecular weight excluding hydrogens is 707 g/mol. The second kappa shape index (κ2) is 11.8. The molecule has 4 heteroatoms. The van der Waals surface area contributed by atoms with E-state index in [4.69, 9.17) is 17.0 Å². The number of rotatable bonds is 6. The number of hydrogen-bond acceptors (Lipinski definition) is 0. The van der Waals surface area contributed by atoms with Gasteiger partial charge in [-0.15, -0.1) is 0 Å². The van der Waals surface area contributed by atoms with Gasteiger partial charge < -0.3 is 0 Å². The molecule has 5 aromatic rings. The fourth-order valence-electron chi connectivity index (χ4n) is 8.88. The number of benzene rings is 5. The summed E-state index contributed by atoms with van der Waals surface area (Å²) in [6, 6.07) is 33.6. The van der Waals surface area contributed by atoms with Gasteiger partial charge in [-0.1, -0.05) is 0 Å². The van der Waals surface area contributed by atoms with Crippen LogP contribution in [-0.4, -0.2) is 5.92 Å². The normalized spacial score (nSPS) is 18.3. The van der Waals surface area contributed by atoms with Crippen LogP contribution >= 0.6 is 17.0 Å². The summed E-state index contributed by atoms with van der Waals surface area (Å²) in [5, 5.41) is 2.54. The van der Waals surface area contributed by atoms with Gasteiger partial charge in [-0.05, 0) is 0 Å². The predicted molar refractivity (Wildman–Crippen MR) is 208 cm³/mol. The van der Waals surface area contributed by atoms with Crippen molar-refractivity contribution in [3.63, 3.8) is 0 Å². The third-order valence-electron chi connectivity index (χ3n) is 11.6. The van der Waals surface area contributed by atoms with Crippen molar-refractivity contribution in [2.75, 3.05) is 0 Å². The first-order valence-corrected chi connectivity index (χ1v) is 33.4. The molecule has 0 saturated carbocycles. The second-order valence-electron chi connectivity index (χ2n) is 14.8. The van der Waals surface area contributed by atoms with E-state index in [2.05, 4.69) is 158 Å². The fourth-order valence-corrected chi connectivity index (χ4v) is 41.1. The van der Waals surface area contributed by atoms with Gasteiger partial charge in [-0.2, -0.15) is 0 Å². The van der Waals surface area contributed by atoms with Gasteiger partial charge in [0.25, 0.3) is 0 Å². The molecule has 0 radical (unpaired) electrons. The van der Waals surface area contributed by atoms with Crippen molar-refractivity contribution in [2.45, 2.75) is 61.9 Å². The van der Waals surface area contributed by atoms with Crippen LogP contribution in [0, 0.1) is 26.7 Å². The van der Waals surface area contributed by atoms with E-state index in [0.29, 0.717) is 5.92 Å². The standard InChI is InChI=1S/C22H19.C19H19.C2H7Si.2ClH.Zr/c1-15(2)18-13-17-9-6-12-21(22(17)14-18)20-11-5-8-16-7-3-4-10-19(16)20;1-12-10-18-14(3)8-9-17(19(18)11-12)16-7-5-6-13(2)15(16)4;1-3-2;;;/h3-15H,1-2H3;5-11H,1-4H3;3H,1-2H3;2*1H;/q;;;;;+2/p-2. The molecule has 2 aliphatic rings. The molecule has 0 fully saturated rings. The third-order valence-corrected chi connectivity index (χ3v) is 63.5. The van der Waals surface area contributed by atoms with E-state index in [0.717, 1.165) is 0 Å². The Bertz CT molecular complexity index is 2150. The van der Waals surface area contributed by atoms with Crippen LogP contribution < -0.4 is 0 Å². The number of fused-ring (bicyclic) bond motifs is 3.